The lowest BCUT2D eigenvalue weighted by atomic mass is 9.84. The molecule has 0 aromatic carbocycles. The topological polar surface area (TPSA) is 52.6 Å². The van der Waals surface area contributed by atoms with Crippen molar-refractivity contribution in [1.82, 2.24) is 10.2 Å². The molecule has 2 aliphatic rings. The second-order valence-corrected chi connectivity index (χ2v) is 5.62. The van der Waals surface area contributed by atoms with E-state index in [1.165, 1.54) is 12.8 Å². The summed E-state index contributed by atoms with van der Waals surface area (Å²) in [7, 11) is 3.95. The van der Waals surface area contributed by atoms with Gasteiger partial charge in [-0.05, 0) is 58.7 Å². The average Bonchev–Trinajstić information content (AvgIpc) is 3.06. The molecule has 0 saturated heterocycles. The van der Waals surface area contributed by atoms with Gasteiger partial charge in [-0.2, -0.15) is 0 Å². The van der Waals surface area contributed by atoms with Crippen LogP contribution in [0, 0.1) is 5.92 Å². The molecule has 0 heterocycles. The normalized spacial score (nSPS) is 33.2. The number of nitrogens with one attached hydrogen (secondary N) is 1. The number of carboxylic acids is 1. The molecule has 98 valence electrons. The molecular formula is C13H24N2O2. The summed E-state index contributed by atoms with van der Waals surface area (Å²) in [6, 6.07) is 0.769. The highest BCUT2D eigenvalue weighted by Gasteiger charge is 2.47. The molecule has 0 aliphatic heterocycles. The van der Waals surface area contributed by atoms with Crippen molar-refractivity contribution >= 4 is 5.97 Å². The highest BCUT2D eigenvalue weighted by molar-refractivity contribution is 5.79. The van der Waals surface area contributed by atoms with E-state index in [9.17, 15) is 9.90 Å². The van der Waals surface area contributed by atoms with Crippen molar-refractivity contribution in [3.05, 3.63) is 0 Å². The quantitative estimate of drug-likeness (QED) is 0.735. The van der Waals surface area contributed by atoms with Crippen molar-refractivity contribution < 1.29 is 9.90 Å². The molecule has 2 rings (SSSR count). The zero-order valence-corrected chi connectivity index (χ0v) is 10.9. The second-order valence-electron chi connectivity index (χ2n) is 5.62. The van der Waals surface area contributed by atoms with E-state index in [2.05, 4.69) is 17.3 Å². The van der Waals surface area contributed by atoms with Gasteiger partial charge in [-0.3, -0.25) is 4.79 Å². The monoisotopic (exact) mass is 240 g/mol. The van der Waals surface area contributed by atoms with Crippen molar-refractivity contribution in [1.29, 1.82) is 0 Å². The van der Waals surface area contributed by atoms with E-state index < -0.39 is 11.5 Å². The van der Waals surface area contributed by atoms with Crippen LogP contribution in [0.3, 0.4) is 0 Å². The Morgan fingerprint density at radius 2 is 2.18 bits per heavy atom. The van der Waals surface area contributed by atoms with Gasteiger partial charge >= 0.3 is 5.97 Å². The molecule has 2 saturated carbocycles. The number of rotatable bonds is 6. The van der Waals surface area contributed by atoms with Gasteiger partial charge in [0.15, 0.2) is 0 Å². The predicted molar refractivity (Wildman–Crippen MR) is 67.0 cm³/mol. The Morgan fingerprint density at radius 1 is 1.47 bits per heavy atom. The van der Waals surface area contributed by atoms with Gasteiger partial charge in [0, 0.05) is 6.04 Å². The molecule has 4 heteroatoms. The summed E-state index contributed by atoms with van der Waals surface area (Å²) in [6.45, 7) is 1.03. The standard InChI is InChI=1S/C13H24N2O2/c1-14-13(12(16)17)8-3-4-10(13)7-9-15(2)11-5-6-11/h10-11,14H,3-9H2,1-2H3,(H,16,17). The molecular weight excluding hydrogens is 216 g/mol. The van der Waals surface area contributed by atoms with Crippen molar-refractivity contribution in [3.8, 4) is 0 Å². The second kappa shape index (κ2) is 4.94. The largest absolute Gasteiger partial charge is 0.480 e. The molecule has 0 aromatic heterocycles. The van der Waals surface area contributed by atoms with Crippen LogP contribution in [-0.4, -0.2) is 48.2 Å². The maximum absolute atomic E-state index is 11.5. The Morgan fingerprint density at radius 3 is 2.71 bits per heavy atom. The van der Waals surface area contributed by atoms with E-state index >= 15 is 0 Å². The summed E-state index contributed by atoms with van der Waals surface area (Å²) >= 11 is 0. The zero-order chi connectivity index (χ0) is 12.5. The van der Waals surface area contributed by atoms with E-state index in [-0.39, 0.29) is 5.92 Å². The van der Waals surface area contributed by atoms with Gasteiger partial charge in [0.2, 0.25) is 0 Å². The number of hydrogen-bond acceptors (Lipinski definition) is 3. The minimum Gasteiger partial charge on any atom is -0.480 e. The number of likely N-dealkylation sites (N-methyl/N-ethyl adjacent to an activating group) is 1. The first-order valence-corrected chi connectivity index (χ1v) is 6.72. The summed E-state index contributed by atoms with van der Waals surface area (Å²) in [5, 5.41) is 12.5. The van der Waals surface area contributed by atoms with Crippen molar-refractivity contribution in [2.24, 2.45) is 5.92 Å². The summed E-state index contributed by atoms with van der Waals surface area (Å²) in [4.78, 5) is 13.9. The molecule has 2 unspecified atom stereocenters. The number of carbonyl (C=O) groups is 1. The van der Waals surface area contributed by atoms with Crippen LogP contribution in [0.5, 0.6) is 0 Å². The number of aliphatic carboxylic acids is 1. The molecule has 0 amide bonds. The van der Waals surface area contributed by atoms with Gasteiger partial charge in [0.1, 0.15) is 5.54 Å². The molecule has 0 spiro atoms. The molecule has 4 nitrogen and oxygen atoms in total. The first-order valence-electron chi connectivity index (χ1n) is 6.72. The van der Waals surface area contributed by atoms with E-state index in [1.807, 2.05) is 0 Å². The number of nitrogens with zero attached hydrogens (tertiary/aromatic N) is 1. The lowest BCUT2D eigenvalue weighted by Gasteiger charge is -2.32. The van der Waals surface area contributed by atoms with E-state index in [0.29, 0.717) is 0 Å². The predicted octanol–water partition coefficient (Wildman–Crippen LogP) is 1.31. The van der Waals surface area contributed by atoms with Gasteiger partial charge in [0.25, 0.3) is 0 Å². The third-order valence-corrected chi connectivity index (χ3v) is 4.65. The Balaban J connectivity index is 1.91. The first-order chi connectivity index (χ1) is 8.10. The lowest BCUT2D eigenvalue weighted by molar-refractivity contribution is -0.146. The Hall–Kier alpha value is -0.610. The van der Waals surface area contributed by atoms with Crippen molar-refractivity contribution in [2.45, 2.75) is 50.1 Å². The third-order valence-electron chi connectivity index (χ3n) is 4.65. The molecule has 2 atom stereocenters. The fourth-order valence-electron chi connectivity index (χ4n) is 3.24. The first kappa shape index (κ1) is 12.8. The van der Waals surface area contributed by atoms with Crippen LogP contribution in [0.4, 0.5) is 0 Å². The van der Waals surface area contributed by atoms with Crippen LogP contribution in [0.25, 0.3) is 0 Å². The van der Waals surface area contributed by atoms with Crippen molar-refractivity contribution in [3.63, 3.8) is 0 Å². The summed E-state index contributed by atoms with van der Waals surface area (Å²) in [5.74, 6) is -0.386. The summed E-state index contributed by atoms with van der Waals surface area (Å²) in [5.41, 5.74) is -0.662. The molecule has 2 aliphatic carbocycles. The molecule has 0 aromatic rings. The highest BCUT2D eigenvalue weighted by atomic mass is 16.4. The van der Waals surface area contributed by atoms with Gasteiger partial charge in [-0.15, -0.1) is 0 Å². The Labute approximate surface area is 103 Å². The van der Waals surface area contributed by atoms with Crippen molar-refractivity contribution in [2.75, 3.05) is 20.6 Å². The smallest absolute Gasteiger partial charge is 0.324 e. The van der Waals surface area contributed by atoms with E-state index in [0.717, 1.165) is 38.3 Å². The fraction of sp³-hybridized carbons (Fsp3) is 0.923. The maximum atomic E-state index is 11.5. The minimum atomic E-state index is -0.670. The average molecular weight is 240 g/mol. The van der Waals surface area contributed by atoms with Crippen LogP contribution < -0.4 is 5.32 Å². The van der Waals surface area contributed by atoms with Crippen LogP contribution in [0.15, 0.2) is 0 Å². The fourth-order valence-corrected chi connectivity index (χ4v) is 3.24. The van der Waals surface area contributed by atoms with E-state index in [1.54, 1.807) is 7.05 Å². The van der Waals surface area contributed by atoms with E-state index in [4.69, 9.17) is 0 Å². The number of hydrogen-bond donors (Lipinski definition) is 2. The van der Waals surface area contributed by atoms with Gasteiger partial charge in [-0.1, -0.05) is 6.42 Å². The highest BCUT2D eigenvalue weighted by Crippen LogP contribution is 2.38. The molecule has 17 heavy (non-hydrogen) atoms. The molecule has 2 N–H and O–H groups in total. The van der Waals surface area contributed by atoms with Gasteiger partial charge in [0.05, 0.1) is 0 Å². The van der Waals surface area contributed by atoms with Gasteiger partial charge < -0.3 is 15.3 Å². The van der Waals surface area contributed by atoms with Crippen LogP contribution >= 0.6 is 0 Å². The summed E-state index contributed by atoms with van der Waals surface area (Å²) in [6.07, 6.45) is 6.49. The van der Waals surface area contributed by atoms with Crippen LogP contribution in [-0.2, 0) is 4.79 Å². The summed E-state index contributed by atoms with van der Waals surface area (Å²) < 4.78 is 0. The Kier molecular flexibility index (Phi) is 3.73. The van der Waals surface area contributed by atoms with Crippen LogP contribution in [0.1, 0.15) is 38.5 Å². The van der Waals surface area contributed by atoms with Gasteiger partial charge in [-0.25, -0.2) is 0 Å². The lowest BCUT2D eigenvalue weighted by Crippen LogP contribution is -2.53. The Bertz CT molecular complexity index is 291. The third kappa shape index (κ3) is 2.47. The number of carboxylic acid groups (broad SMARTS) is 1. The molecule has 0 radical (unpaired) electrons. The molecule has 2 fully saturated rings. The SMILES string of the molecule is CNC1(C(=O)O)CCCC1CCN(C)C1CC1. The van der Waals surface area contributed by atoms with Crippen LogP contribution in [0.2, 0.25) is 0 Å². The molecule has 0 bridgehead atoms. The zero-order valence-electron chi connectivity index (χ0n) is 10.9. The maximum Gasteiger partial charge on any atom is 0.324 e. The minimum absolute atomic E-state index is 0.284.